The maximum absolute atomic E-state index is 12.8. The molecule has 2 aromatic carbocycles. The van der Waals surface area contributed by atoms with Crippen molar-refractivity contribution in [3.05, 3.63) is 65.4 Å². The number of carboxylic acids is 1. The first-order valence-electron chi connectivity index (χ1n) is 9.75. The molecular weight excluding hydrogens is 411 g/mol. The molecule has 1 unspecified atom stereocenters. The van der Waals surface area contributed by atoms with Crippen molar-refractivity contribution in [2.24, 2.45) is 0 Å². The second-order valence-corrected chi connectivity index (χ2v) is 9.33. The van der Waals surface area contributed by atoms with E-state index >= 15 is 0 Å². The van der Waals surface area contributed by atoms with Crippen LogP contribution in [0.2, 0.25) is 0 Å². The van der Waals surface area contributed by atoms with Gasteiger partial charge in [0, 0.05) is 29.2 Å². The van der Waals surface area contributed by atoms with Gasteiger partial charge >= 0.3 is 35.5 Å². The number of rotatable bonds is 6. The first-order valence-corrected chi connectivity index (χ1v) is 11.2. The zero-order valence-corrected chi connectivity index (χ0v) is 20.1. The Morgan fingerprint density at radius 3 is 2.57 bits per heavy atom. The van der Waals surface area contributed by atoms with Crippen LogP contribution in [0.5, 0.6) is 0 Å². The predicted molar refractivity (Wildman–Crippen MR) is 112 cm³/mol. The van der Waals surface area contributed by atoms with E-state index in [4.69, 9.17) is 5.11 Å². The van der Waals surface area contributed by atoms with Gasteiger partial charge < -0.3 is 9.67 Å². The number of aliphatic carboxylic acids is 1. The maximum Gasteiger partial charge on any atom is 1.00 e. The molecule has 1 aliphatic carbocycles. The molecule has 152 valence electrons. The van der Waals surface area contributed by atoms with E-state index in [2.05, 4.69) is 9.29 Å². The average Bonchev–Trinajstić information content (AvgIpc) is 2.99. The Labute approximate surface area is 198 Å². The van der Waals surface area contributed by atoms with Gasteiger partial charge in [0.05, 0.1) is 11.3 Å². The first-order chi connectivity index (χ1) is 13.8. The number of hydrogen-bond donors (Lipinski definition) is 2. The van der Waals surface area contributed by atoms with Gasteiger partial charge in [-0.1, -0.05) is 35.9 Å². The van der Waals surface area contributed by atoms with Gasteiger partial charge in [0.25, 0.3) is 0 Å². The number of carbonyl (C=O) groups is 1. The Hall–Kier alpha value is -1.64. The van der Waals surface area contributed by atoms with Crippen LogP contribution in [0.25, 0.3) is 10.9 Å². The van der Waals surface area contributed by atoms with Gasteiger partial charge in [-0.25, -0.2) is 13.1 Å². The first kappa shape index (κ1) is 23.0. The Bertz CT molecular complexity index is 1170. The zero-order valence-electron chi connectivity index (χ0n) is 17.3. The fraction of sp³-hybridized carbons (Fsp3) is 0.318. The molecule has 0 saturated carbocycles. The van der Waals surface area contributed by atoms with Gasteiger partial charge in [-0.15, -0.1) is 0 Å². The SMILES string of the molecule is Cc1ccc(S(=O)(=O)NC2CCc3c(c4ccccc4n3CCC(=O)O)C2)cc1.[Na+]. The van der Waals surface area contributed by atoms with Crippen LogP contribution >= 0.6 is 0 Å². The number of aromatic nitrogens is 1. The second kappa shape index (κ2) is 9.24. The molecule has 0 amide bonds. The van der Waals surface area contributed by atoms with Crippen molar-refractivity contribution in [3.8, 4) is 0 Å². The van der Waals surface area contributed by atoms with Crippen LogP contribution in [0.4, 0.5) is 0 Å². The molecule has 0 aliphatic heterocycles. The molecular formula is C22H24N2NaO4S+. The number of nitrogens with one attached hydrogen (secondary N) is 1. The van der Waals surface area contributed by atoms with Crippen LogP contribution in [0.15, 0.2) is 53.4 Å². The second-order valence-electron chi connectivity index (χ2n) is 7.61. The molecule has 1 atom stereocenters. The molecule has 3 aromatic rings. The normalized spacial score (nSPS) is 16.1. The fourth-order valence-corrected chi connectivity index (χ4v) is 5.44. The summed E-state index contributed by atoms with van der Waals surface area (Å²) < 4.78 is 30.5. The average molecular weight is 436 g/mol. The van der Waals surface area contributed by atoms with Crippen molar-refractivity contribution in [2.75, 3.05) is 0 Å². The summed E-state index contributed by atoms with van der Waals surface area (Å²) in [4.78, 5) is 11.3. The van der Waals surface area contributed by atoms with Crippen LogP contribution in [0, 0.1) is 6.92 Å². The van der Waals surface area contributed by atoms with Gasteiger partial charge in [-0.3, -0.25) is 4.79 Å². The minimum absolute atomic E-state index is 0. The molecule has 8 heteroatoms. The molecule has 1 heterocycles. The molecule has 4 rings (SSSR count). The number of sulfonamides is 1. The molecule has 6 nitrogen and oxygen atoms in total. The molecule has 0 fully saturated rings. The Morgan fingerprint density at radius 1 is 1.17 bits per heavy atom. The third kappa shape index (κ3) is 4.65. The number of para-hydroxylation sites is 1. The van der Waals surface area contributed by atoms with Crippen molar-refractivity contribution < 1.29 is 47.9 Å². The Balaban J connectivity index is 0.00000256. The van der Waals surface area contributed by atoms with E-state index in [1.165, 1.54) is 0 Å². The number of fused-ring (bicyclic) bond motifs is 3. The third-order valence-corrected chi connectivity index (χ3v) is 7.11. The van der Waals surface area contributed by atoms with E-state index in [-0.39, 0.29) is 46.9 Å². The topological polar surface area (TPSA) is 88.4 Å². The molecule has 0 saturated heterocycles. The van der Waals surface area contributed by atoms with E-state index < -0.39 is 16.0 Å². The molecule has 0 bridgehead atoms. The van der Waals surface area contributed by atoms with E-state index in [1.54, 1.807) is 24.3 Å². The Morgan fingerprint density at radius 2 is 1.87 bits per heavy atom. The summed E-state index contributed by atoms with van der Waals surface area (Å²) in [6.45, 7) is 2.34. The summed E-state index contributed by atoms with van der Waals surface area (Å²) in [5.74, 6) is -0.823. The van der Waals surface area contributed by atoms with E-state index in [9.17, 15) is 13.2 Å². The standard InChI is InChI=1S/C22H24N2O4S.Na/c1-15-6-9-17(10-7-15)29(27,28)23-16-8-11-21-19(14-16)18-4-2-3-5-20(18)24(21)13-12-22(25)26;/h2-7,9-10,16,23H,8,11-14H2,1H3,(H,25,26);/q;+1. The minimum atomic E-state index is -3.58. The van der Waals surface area contributed by atoms with Crippen LogP contribution in [-0.2, 0) is 34.2 Å². The van der Waals surface area contributed by atoms with Crippen LogP contribution < -0.4 is 34.3 Å². The summed E-state index contributed by atoms with van der Waals surface area (Å²) in [6.07, 6.45) is 2.06. The summed E-state index contributed by atoms with van der Waals surface area (Å²) >= 11 is 0. The third-order valence-electron chi connectivity index (χ3n) is 5.58. The van der Waals surface area contributed by atoms with E-state index in [0.29, 0.717) is 25.8 Å². The summed E-state index contributed by atoms with van der Waals surface area (Å²) in [6, 6.07) is 14.6. The van der Waals surface area contributed by atoms with Gasteiger partial charge in [0.15, 0.2) is 0 Å². The molecule has 2 N–H and O–H groups in total. The van der Waals surface area contributed by atoms with Gasteiger partial charge in [-0.2, -0.15) is 0 Å². The number of benzene rings is 2. The summed E-state index contributed by atoms with van der Waals surface area (Å²) in [5, 5.41) is 10.2. The Kier molecular flexibility index (Phi) is 7.09. The largest absolute Gasteiger partial charge is 1.00 e. The van der Waals surface area contributed by atoms with Crippen molar-refractivity contribution in [3.63, 3.8) is 0 Å². The van der Waals surface area contributed by atoms with Gasteiger partial charge in [-0.05, 0) is 49.9 Å². The zero-order chi connectivity index (χ0) is 20.6. The van der Waals surface area contributed by atoms with E-state index in [1.807, 2.05) is 31.2 Å². The molecule has 0 spiro atoms. The monoisotopic (exact) mass is 435 g/mol. The number of hydrogen-bond acceptors (Lipinski definition) is 3. The van der Waals surface area contributed by atoms with Crippen LogP contribution in [-0.4, -0.2) is 30.1 Å². The minimum Gasteiger partial charge on any atom is -0.481 e. The number of aryl methyl sites for hydroxylation is 2. The van der Waals surface area contributed by atoms with Crippen molar-refractivity contribution in [1.82, 2.24) is 9.29 Å². The smallest absolute Gasteiger partial charge is 0.481 e. The fourth-order valence-electron chi connectivity index (χ4n) is 4.17. The molecule has 30 heavy (non-hydrogen) atoms. The van der Waals surface area contributed by atoms with Gasteiger partial charge in [0.1, 0.15) is 0 Å². The van der Waals surface area contributed by atoms with Crippen molar-refractivity contribution in [2.45, 2.75) is 50.1 Å². The van der Waals surface area contributed by atoms with Crippen LogP contribution in [0.1, 0.15) is 29.7 Å². The molecule has 1 aromatic heterocycles. The van der Waals surface area contributed by atoms with Crippen LogP contribution in [0.3, 0.4) is 0 Å². The summed E-state index contributed by atoms with van der Waals surface area (Å²) in [5.41, 5.74) is 4.27. The summed E-state index contributed by atoms with van der Waals surface area (Å²) in [7, 11) is -3.58. The van der Waals surface area contributed by atoms with Gasteiger partial charge in [0.2, 0.25) is 10.0 Å². The van der Waals surface area contributed by atoms with Crippen molar-refractivity contribution in [1.29, 1.82) is 0 Å². The van der Waals surface area contributed by atoms with Crippen molar-refractivity contribution >= 4 is 26.9 Å². The molecule has 1 aliphatic rings. The maximum atomic E-state index is 12.8. The van der Waals surface area contributed by atoms with E-state index in [0.717, 1.165) is 27.7 Å². The quantitative estimate of drug-likeness (QED) is 0.544. The predicted octanol–water partition coefficient (Wildman–Crippen LogP) is 0.264. The number of nitrogens with zero attached hydrogens (tertiary/aromatic N) is 1. The molecule has 0 radical (unpaired) electrons. The number of carboxylic acid groups (broad SMARTS) is 1.